The van der Waals surface area contributed by atoms with E-state index in [1.807, 2.05) is 0 Å². The largest absolute Gasteiger partial charge is 0.470 e. The van der Waals surface area contributed by atoms with Crippen LogP contribution in [0.1, 0.15) is 10.4 Å². The van der Waals surface area contributed by atoms with Crippen molar-refractivity contribution in [3.63, 3.8) is 0 Å². The van der Waals surface area contributed by atoms with E-state index in [1.165, 1.54) is 23.1 Å². The molecule has 0 spiro atoms. The number of aromatic nitrogens is 1. The number of carbonyl (C=O) groups excluding carboxylic acids is 1. The minimum Gasteiger partial charge on any atom is -0.470 e. The van der Waals surface area contributed by atoms with Gasteiger partial charge in [-0.25, -0.2) is 4.98 Å². The Bertz CT molecular complexity index is 809. The molecule has 0 radical (unpaired) electrons. The average molecular weight is 368 g/mol. The molecule has 1 aromatic heterocycles. The van der Waals surface area contributed by atoms with Gasteiger partial charge in [-0.2, -0.15) is 0 Å². The topological polar surface area (TPSA) is 85.6 Å². The zero-order valence-electron chi connectivity index (χ0n) is 12.2. The van der Waals surface area contributed by atoms with Crippen molar-refractivity contribution in [2.45, 2.75) is 6.10 Å². The van der Waals surface area contributed by atoms with Gasteiger partial charge in [0.15, 0.2) is 0 Å². The number of nitrogens with zero attached hydrogens (tertiary/aromatic N) is 3. The molecule has 0 bridgehead atoms. The molecule has 24 heavy (non-hydrogen) atoms. The Morgan fingerprint density at radius 3 is 2.71 bits per heavy atom. The number of ether oxygens (including phenoxy) is 1. The SMILES string of the molecule is O=C(c1cc([N+](=O)[O-])ccc1Cl)N1CC(Oc2ncccc2Cl)C1. The minimum atomic E-state index is -0.571. The van der Waals surface area contributed by atoms with E-state index in [0.717, 1.165) is 0 Å². The second-order valence-electron chi connectivity index (χ2n) is 5.16. The number of halogens is 2. The highest BCUT2D eigenvalue weighted by atomic mass is 35.5. The third-order valence-corrected chi connectivity index (χ3v) is 4.15. The van der Waals surface area contributed by atoms with Crippen molar-refractivity contribution in [1.82, 2.24) is 9.88 Å². The first-order valence-electron chi connectivity index (χ1n) is 6.96. The Morgan fingerprint density at radius 2 is 2.04 bits per heavy atom. The molecule has 0 saturated carbocycles. The normalized spacial score (nSPS) is 14.2. The molecule has 1 aromatic carbocycles. The molecule has 2 aromatic rings. The minimum absolute atomic E-state index is 0.0974. The quantitative estimate of drug-likeness (QED) is 0.611. The summed E-state index contributed by atoms with van der Waals surface area (Å²) in [5.74, 6) is -0.0692. The van der Waals surface area contributed by atoms with Gasteiger partial charge in [0.25, 0.3) is 11.6 Å². The fraction of sp³-hybridized carbons (Fsp3) is 0.200. The number of non-ortho nitro benzene ring substituents is 1. The summed E-state index contributed by atoms with van der Waals surface area (Å²) in [7, 11) is 0. The molecule has 1 fully saturated rings. The van der Waals surface area contributed by atoms with Gasteiger partial charge < -0.3 is 9.64 Å². The summed E-state index contributed by atoms with van der Waals surface area (Å²) >= 11 is 11.9. The van der Waals surface area contributed by atoms with Gasteiger partial charge in [0, 0.05) is 18.3 Å². The summed E-state index contributed by atoms with van der Waals surface area (Å²) < 4.78 is 5.61. The van der Waals surface area contributed by atoms with Crippen molar-refractivity contribution in [3.05, 3.63) is 62.3 Å². The van der Waals surface area contributed by atoms with Gasteiger partial charge in [-0.15, -0.1) is 0 Å². The van der Waals surface area contributed by atoms with Crippen LogP contribution in [0, 0.1) is 10.1 Å². The highest BCUT2D eigenvalue weighted by Crippen LogP contribution is 2.27. The van der Waals surface area contributed by atoms with Crippen molar-refractivity contribution in [2.24, 2.45) is 0 Å². The zero-order chi connectivity index (χ0) is 17.3. The van der Waals surface area contributed by atoms with E-state index in [4.69, 9.17) is 27.9 Å². The fourth-order valence-corrected chi connectivity index (χ4v) is 2.62. The monoisotopic (exact) mass is 367 g/mol. The third kappa shape index (κ3) is 3.27. The van der Waals surface area contributed by atoms with Crippen molar-refractivity contribution < 1.29 is 14.5 Å². The molecule has 7 nitrogen and oxygen atoms in total. The predicted molar refractivity (Wildman–Crippen MR) is 87.7 cm³/mol. The lowest BCUT2D eigenvalue weighted by Crippen LogP contribution is -2.56. The molecule has 0 unspecified atom stereocenters. The summed E-state index contributed by atoms with van der Waals surface area (Å²) in [5, 5.41) is 11.4. The van der Waals surface area contributed by atoms with Gasteiger partial charge in [0.2, 0.25) is 5.88 Å². The first-order valence-corrected chi connectivity index (χ1v) is 7.71. The predicted octanol–water partition coefficient (Wildman–Crippen LogP) is 3.20. The summed E-state index contributed by atoms with van der Waals surface area (Å²) in [6, 6.07) is 7.12. The van der Waals surface area contributed by atoms with Gasteiger partial charge in [0.05, 0.1) is 28.6 Å². The summed E-state index contributed by atoms with van der Waals surface area (Å²) in [5.41, 5.74) is -0.0865. The molecule has 0 N–H and O–H groups in total. The van der Waals surface area contributed by atoms with Crippen LogP contribution in [0.3, 0.4) is 0 Å². The fourth-order valence-electron chi connectivity index (χ4n) is 2.26. The number of nitro benzene ring substituents is 1. The maximum Gasteiger partial charge on any atom is 0.270 e. The van der Waals surface area contributed by atoms with Crippen LogP contribution < -0.4 is 4.74 Å². The van der Waals surface area contributed by atoms with Crippen LogP contribution in [0.5, 0.6) is 5.88 Å². The molecule has 0 aliphatic carbocycles. The highest BCUT2D eigenvalue weighted by Gasteiger charge is 2.34. The van der Waals surface area contributed by atoms with Crippen molar-refractivity contribution in [1.29, 1.82) is 0 Å². The van der Waals surface area contributed by atoms with E-state index in [0.29, 0.717) is 24.0 Å². The number of benzene rings is 1. The average Bonchev–Trinajstić information content (AvgIpc) is 2.51. The molecule has 1 saturated heterocycles. The van der Waals surface area contributed by atoms with Gasteiger partial charge >= 0.3 is 0 Å². The molecule has 1 amide bonds. The first-order chi connectivity index (χ1) is 11.5. The van der Waals surface area contributed by atoms with E-state index in [1.54, 1.807) is 18.3 Å². The number of hydrogen-bond donors (Lipinski definition) is 0. The van der Waals surface area contributed by atoms with E-state index >= 15 is 0 Å². The molecule has 0 atom stereocenters. The molecule has 124 valence electrons. The van der Waals surface area contributed by atoms with Crippen LogP contribution >= 0.6 is 23.2 Å². The number of amides is 1. The van der Waals surface area contributed by atoms with Crippen LogP contribution in [0.2, 0.25) is 10.0 Å². The van der Waals surface area contributed by atoms with Gasteiger partial charge in [-0.05, 0) is 18.2 Å². The summed E-state index contributed by atoms with van der Waals surface area (Å²) in [6.07, 6.45) is 1.32. The number of likely N-dealkylation sites (tertiary alicyclic amines) is 1. The maximum absolute atomic E-state index is 12.4. The lowest BCUT2D eigenvalue weighted by atomic mass is 10.1. The Kier molecular flexibility index (Phi) is 4.55. The van der Waals surface area contributed by atoms with E-state index in [2.05, 4.69) is 4.98 Å². The molecule has 2 heterocycles. The van der Waals surface area contributed by atoms with Crippen LogP contribution in [0.25, 0.3) is 0 Å². The lowest BCUT2D eigenvalue weighted by molar-refractivity contribution is -0.384. The molecule has 1 aliphatic rings. The Morgan fingerprint density at radius 1 is 1.29 bits per heavy atom. The van der Waals surface area contributed by atoms with Crippen LogP contribution in [0.15, 0.2) is 36.5 Å². The highest BCUT2D eigenvalue weighted by molar-refractivity contribution is 6.34. The number of nitro groups is 1. The summed E-state index contributed by atoms with van der Waals surface area (Å²) in [6.45, 7) is 0.648. The van der Waals surface area contributed by atoms with Crippen LogP contribution in [0.4, 0.5) is 5.69 Å². The van der Waals surface area contributed by atoms with Gasteiger partial charge in [0.1, 0.15) is 11.1 Å². The van der Waals surface area contributed by atoms with E-state index in [-0.39, 0.29) is 28.3 Å². The number of carbonyl (C=O) groups is 1. The zero-order valence-corrected chi connectivity index (χ0v) is 13.7. The van der Waals surface area contributed by atoms with Crippen LogP contribution in [-0.4, -0.2) is 39.9 Å². The van der Waals surface area contributed by atoms with Crippen LogP contribution in [-0.2, 0) is 0 Å². The standard InChI is InChI=1S/C15H11Cl2N3O4/c16-12-4-3-9(20(22)23)6-11(12)15(21)19-7-10(8-19)24-14-13(17)2-1-5-18-14/h1-6,10H,7-8H2. The number of hydrogen-bond acceptors (Lipinski definition) is 5. The van der Waals surface area contributed by atoms with E-state index in [9.17, 15) is 14.9 Å². The third-order valence-electron chi connectivity index (χ3n) is 3.53. The van der Waals surface area contributed by atoms with Gasteiger partial charge in [-0.1, -0.05) is 23.2 Å². The summed E-state index contributed by atoms with van der Waals surface area (Å²) in [4.78, 5) is 28.2. The smallest absolute Gasteiger partial charge is 0.270 e. The Balaban J connectivity index is 1.66. The van der Waals surface area contributed by atoms with Crippen molar-refractivity contribution in [3.8, 4) is 5.88 Å². The maximum atomic E-state index is 12.4. The second kappa shape index (κ2) is 6.62. The number of pyridine rings is 1. The lowest BCUT2D eigenvalue weighted by Gasteiger charge is -2.38. The first kappa shape index (κ1) is 16.5. The van der Waals surface area contributed by atoms with E-state index < -0.39 is 4.92 Å². The van der Waals surface area contributed by atoms with Gasteiger partial charge in [-0.3, -0.25) is 14.9 Å². The Labute approximate surface area is 146 Å². The molecule has 1 aliphatic heterocycles. The Hall–Kier alpha value is -2.38. The van der Waals surface area contributed by atoms with Crippen molar-refractivity contribution in [2.75, 3.05) is 13.1 Å². The molecule has 3 rings (SSSR count). The number of rotatable bonds is 4. The molecular formula is C15H11Cl2N3O4. The molecule has 9 heteroatoms. The van der Waals surface area contributed by atoms with Crippen molar-refractivity contribution >= 4 is 34.8 Å². The second-order valence-corrected chi connectivity index (χ2v) is 5.98. The molecular weight excluding hydrogens is 357 g/mol.